The van der Waals surface area contributed by atoms with Gasteiger partial charge in [-0.15, -0.1) is 0 Å². The Labute approximate surface area is 221 Å². The van der Waals surface area contributed by atoms with Crippen molar-refractivity contribution in [2.75, 3.05) is 19.8 Å². The molecule has 4 aliphatic carbocycles. The van der Waals surface area contributed by atoms with Gasteiger partial charge >= 0.3 is 5.97 Å². The van der Waals surface area contributed by atoms with Crippen LogP contribution in [0.15, 0.2) is 41.5 Å². The van der Waals surface area contributed by atoms with Crippen LogP contribution in [0.1, 0.15) is 88.7 Å². The zero-order chi connectivity index (χ0) is 25.6. The average Bonchev–Trinajstić information content (AvgIpc) is 3.21. The van der Waals surface area contributed by atoms with Gasteiger partial charge in [0.2, 0.25) is 0 Å². The van der Waals surface area contributed by atoms with Crippen LogP contribution in [0.25, 0.3) is 6.08 Å². The SMILES string of the molecule is CCOC(=O)/C=C/c1cccc(C2C[C@]3(C)C(O)CCC3C3CCC4CC5(CCC4=C23)OCCCO5)c1. The molecule has 0 bridgehead atoms. The van der Waals surface area contributed by atoms with Gasteiger partial charge in [0, 0.05) is 24.8 Å². The van der Waals surface area contributed by atoms with Gasteiger partial charge in [0.25, 0.3) is 0 Å². The summed E-state index contributed by atoms with van der Waals surface area (Å²) in [6.45, 7) is 6.18. The van der Waals surface area contributed by atoms with E-state index in [2.05, 4.69) is 31.2 Å². The van der Waals surface area contributed by atoms with Crippen LogP contribution in [0, 0.1) is 23.2 Å². The zero-order valence-corrected chi connectivity index (χ0v) is 22.4. The van der Waals surface area contributed by atoms with Gasteiger partial charge in [-0.25, -0.2) is 4.79 Å². The summed E-state index contributed by atoms with van der Waals surface area (Å²) < 4.78 is 17.6. The fourth-order valence-corrected chi connectivity index (χ4v) is 8.61. The van der Waals surface area contributed by atoms with E-state index in [1.165, 1.54) is 24.5 Å². The van der Waals surface area contributed by atoms with Gasteiger partial charge in [-0.3, -0.25) is 0 Å². The molecule has 5 unspecified atom stereocenters. The van der Waals surface area contributed by atoms with E-state index in [0.717, 1.165) is 63.7 Å². The molecule has 5 heteroatoms. The minimum Gasteiger partial charge on any atom is -0.463 e. The molecule has 0 amide bonds. The van der Waals surface area contributed by atoms with Crippen molar-refractivity contribution in [2.45, 2.75) is 89.4 Å². The number of fused-ring (bicyclic) bond motifs is 4. The minimum atomic E-state index is -0.375. The van der Waals surface area contributed by atoms with E-state index in [4.69, 9.17) is 14.2 Å². The maximum Gasteiger partial charge on any atom is 0.330 e. The summed E-state index contributed by atoms with van der Waals surface area (Å²) in [7, 11) is 0. The number of ether oxygens (including phenoxy) is 3. The van der Waals surface area contributed by atoms with Crippen molar-refractivity contribution in [3.05, 3.63) is 52.6 Å². The Hall–Kier alpha value is -1.95. The molecule has 5 nitrogen and oxygen atoms in total. The summed E-state index contributed by atoms with van der Waals surface area (Å²) in [5.41, 5.74) is 5.62. The second kappa shape index (κ2) is 9.98. The first-order valence-electron chi connectivity index (χ1n) is 14.6. The van der Waals surface area contributed by atoms with E-state index >= 15 is 0 Å². The fourth-order valence-electron chi connectivity index (χ4n) is 8.61. The fraction of sp³-hybridized carbons (Fsp3) is 0.656. The monoisotopic (exact) mass is 506 g/mol. The molecule has 0 radical (unpaired) electrons. The first kappa shape index (κ1) is 25.3. The largest absolute Gasteiger partial charge is 0.463 e. The number of benzene rings is 1. The van der Waals surface area contributed by atoms with E-state index in [1.54, 1.807) is 11.1 Å². The molecule has 1 N–H and O–H groups in total. The highest BCUT2D eigenvalue weighted by molar-refractivity contribution is 5.87. The molecule has 3 saturated carbocycles. The Balaban J connectivity index is 1.37. The van der Waals surface area contributed by atoms with Gasteiger partial charge in [-0.2, -0.15) is 0 Å². The molecule has 4 fully saturated rings. The Kier molecular flexibility index (Phi) is 6.83. The lowest BCUT2D eigenvalue weighted by Gasteiger charge is -2.54. The highest BCUT2D eigenvalue weighted by Gasteiger charge is 2.57. The van der Waals surface area contributed by atoms with Crippen LogP contribution in [0.5, 0.6) is 0 Å². The average molecular weight is 507 g/mol. The molecule has 1 aliphatic heterocycles. The normalized spacial score (nSPS) is 36.8. The van der Waals surface area contributed by atoms with Crippen molar-refractivity contribution < 1.29 is 24.1 Å². The van der Waals surface area contributed by atoms with Gasteiger partial charge in [0.1, 0.15) is 0 Å². The van der Waals surface area contributed by atoms with Gasteiger partial charge in [0.15, 0.2) is 5.79 Å². The van der Waals surface area contributed by atoms with Crippen LogP contribution < -0.4 is 0 Å². The van der Waals surface area contributed by atoms with Crippen LogP contribution in [-0.4, -0.2) is 42.8 Å². The Morgan fingerprint density at radius 3 is 2.81 bits per heavy atom. The lowest BCUT2D eigenvalue weighted by Crippen LogP contribution is -2.49. The maximum absolute atomic E-state index is 11.9. The molecule has 37 heavy (non-hydrogen) atoms. The van der Waals surface area contributed by atoms with Crippen LogP contribution in [0.2, 0.25) is 0 Å². The molecule has 200 valence electrons. The molecular weight excluding hydrogens is 464 g/mol. The van der Waals surface area contributed by atoms with Crippen LogP contribution in [0.3, 0.4) is 0 Å². The Morgan fingerprint density at radius 1 is 1.16 bits per heavy atom. The number of carbonyl (C=O) groups excluding carboxylic acids is 1. The number of aliphatic hydroxyl groups is 1. The summed E-state index contributed by atoms with van der Waals surface area (Å²) >= 11 is 0. The second-order valence-corrected chi connectivity index (χ2v) is 12.2. The van der Waals surface area contributed by atoms with Crippen molar-refractivity contribution in [3.63, 3.8) is 0 Å². The number of hydrogen-bond donors (Lipinski definition) is 1. The van der Waals surface area contributed by atoms with Crippen LogP contribution in [-0.2, 0) is 19.0 Å². The topological polar surface area (TPSA) is 65.0 Å². The smallest absolute Gasteiger partial charge is 0.330 e. The van der Waals surface area contributed by atoms with Gasteiger partial charge in [0.05, 0.1) is 25.9 Å². The lowest BCUT2D eigenvalue weighted by atomic mass is 9.52. The van der Waals surface area contributed by atoms with Crippen molar-refractivity contribution in [1.82, 2.24) is 0 Å². The number of esters is 1. The van der Waals surface area contributed by atoms with E-state index in [9.17, 15) is 9.90 Å². The van der Waals surface area contributed by atoms with Gasteiger partial charge < -0.3 is 19.3 Å². The van der Waals surface area contributed by atoms with Gasteiger partial charge in [-0.05, 0) is 92.2 Å². The third kappa shape index (κ3) is 4.51. The van der Waals surface area contributed by atoms with Crippen molar-refractivity contribution >= 4 is 12.0 Å². The Bertz CT molecular complexity index is 1080. The predicted molar refractivity (Wildman–Crippen MR) is 143 cm³/mol. The van der Waals surface area contributed by atoms with Crippen LogP contribution >= 0.6 is 0 Å². The second-order valence-electron chi connectivity index (χ2n) is 12.2. The number of allylic oxidation sites excluding steroid dienone is 2. The van der Waals surface area contributed by atoms with Crippen molar-refractivity contribution in [1.29, 1.82) is 0 Å². The van der Waals surface area contributed by atoms with E-state index in [-0.39, 0.29) is 23.3 Å². The molecule has 6 atom stereocenters. The third-order valence-electron chi connectivity index (χ3n) is 10.3. The van der Waals surface area contributed by atoms with Crippen molar-refractivity contribution in [3.8, 4) is 0 Å². The molecule has 0 aromatic heterocycles. The number of carbonyl (C=O) groups is 1. The standard InChI is InChI=1S/C32H42O5/c1-3-35-29(34)13-8-21-6-4-7-22(18-21)26-20-31(2)27(11-12-28(31)33)25-10-9-23-19-32(36-16-5-17-37-32)15-14-24(23)30(25)26/h4,6-8,13,18,23,25-28,33H,3,5,9-12,14-17,19-20H2,1-2H3/b13-8+/t23?,25?,26?,27?,28?,31-/m0/s1. The lowest BCUT2D eigenvalue weighted by molar-refractivity contribution is -0.282. The molecule has 6 rings (SSSR count). The first-order valence-corrected chi connectivity index (χ1v) is 14.6. The molecule has 1 aromatic rings. The van der Waals surface area contributed by atoms with Gasteiger partial charge in [-0.1, -0.05) is 42.3 Å². The first-order chi connectivity index (χ1) is 17.9. The number of aliphatic hydroxyl groups excluding tert-OH is 1. The van der Waals surface area contributed by atoms with Crippen LogP contribution in [0.4, 0.5) is 0 Å². The van der Waals surface area contributed by atoms with E-state index in [0.29, 0.717) is 30.3 Å². The number of rotatable bonds is 4. The molecular formula is C32H42O5. The Morgan fingerprint density at radius 2 is 2.00 bits per heavy atom. The summed E-state index contributed by atoms with van der Waals surface area (Å²) in [5, 5.41) is 11.2. The highest BCUT2D eigenvalue weighted by Crippen LogP contribution is 2.64. The molecule has 5 aliphatic rings. The third-order valence-corrected chi connectivity index (χ3v) is 10.3. The molecule has 1 spiro atoms. The maximum atomic E-state index is 11.9. The van der Waals surface area contributed by atoms with E-state index < -0.39 is 0 Å². The molecule has 1 saturated heterocycles. The summed E-state index contributed by atoms with van der Waals surface area (Å²) in [4.78, 5) is 11.9. The zero-order valence-electron chi connectivity index (χ0n) is 22.4. The molecule has 1 heterocycles. The minimum absolute atomic E-state index is 0.0471. The summed E-state index contributed by atoms with van der Waals surface area (Å²) in [6, 6.07) is 8.67. The molecule has 1 aromatic carbocycles. The predicted octanol–water partition coefficient (Wildman–Crippen LogP) is 6.17. The summed E-state index contributed by atoms with van der Waals surface area (Å²) in [6.07, 6.45) is 12.6. The van der Waals surface area contributed by atoms with E-state index in [1.807, 2.05) is 13.0 Å². The van der Waals surface area contributed by atoms with Crippen molar-refractivity contribution in [2.24, 2.45) is 23.2 Å². The number of hydrogen-bond acceptors (Lipinski definition) is 5. The summed E-state index contributed by atoms with van der Waals surface area (Å²) in [5.74, 6) is 1.26. The quantitative estimate of drug-likeness (QED) is 0.301. The highest BCUT2D eigenvalue weighted by atomic mass is 16.7.